The first kappa shape index (κ1) is 17.5. The van der Waals surface area contributed by atoms with Crippen molar-refractivity contribution in [3.63, 3.8) is 0 Å². The van der Waals surface area contributed by atoms with E-state index in [0.717, 1.165) is 18.6 Å². The van der Waals surface area contributed by atoms with Crippen molar-refractivity contribution in [3.8, 4) is 5.75 Å². The smallest absolute Gasteiger partial charge is 0.227 e. The Bertz CT molecular complexity index is 439. The fraction of sp³-hybridized carbons (Fsp3) is 0.588. The van der Waals surface area contributed by atoms with Crippen molar-refractivity contribution in [1.29, 1.82) is 0 Å². The van der Waals surface area contributed by atoms with E-state index in [4.69, 9.17) is 10.5 Å². The second-order valence-corrected chi connectivity index (χ2v) is 5.62. The van der Waals surface area contributed by atoms with Gasteiger partial charge in [0, 0.05) is 6.54 Å². The molecule has 0 saturated heterocycles. The molecular weight excluding hydrogens is 264 g/mol. The van der Waals surface area contributed by atoms with Gasteiger partial charge in [0.15, 0.2) is 0 Å². The third kappa shape index (κ3) is 4.74. The van der Waals surface area contributed by atoms with Crippen LogP contribution in [-0.4, -0.2) is 25.6 Å². The fourth-order valence-electron chi connectivity index (χ4n) is 2.49. The van der Waals surface area contributed by atoms with Gasteiger partial charge in [-0.25, -0.2) is 0 Å². The number of hydrogen-bond acceptors (Lipinski definition) is 3. The minimum Gasteiger partial charge on any atom is -0.492 e. The van der Waals surface area contributed by atoms with Crippen LogP contribution in [0.1, 0.15) is 37.8 Å². The maximum Gasteiger partial charge on any atom is 0.227 e. The van der Waals surface area contributed by atoms with Crippen LogP contribution in [0.5, 0.6) is 5.75 Å². The van der Waals surface area contributed by atoms with Crippen LogP contribution in [-0.2, 0) is 4.79 Å². The number of ether oxygens (including phenoxy) is 1. The molecule has 0 aliphatic heterocycles. The molecule has 118 valence electrons. The lowest BCUT2D eigenvalue weighted by Crippen LogP contribution is -2.46. The summed E-state index contributed by atoms with van der Waals surface area (Å²) in [6.45, 7) is 9.42. The molecular formula is C17H28N2O2. The standard InChI is InChI=1S/C17H28N2O2/c1-5-17(6-2,12-18)16(20)19-7-8-21-15-10-13(3)9-14(4)11-15/h9-11H,5-8,12,18H2,1-4H3,(H,19,20). The molecule has 0 aliphatic rings. The maximum absolute atomic E-state index is 12.2. The molecule has 4 heteroatoms. The first-order valence-electron chi connectivity index (χ1n) is 7.67. The molecule has 21 heavy (non-hydrogen) atoms. The SMILES string of the molecule is CCC(CC)(CN)C(=O)NCCOc1cc(C)cc(C)c1. The molecule has 1 rings (SSSR count). The Morgan fingerprint density at radius 1 is 1.19 bits per heavy atom. The number of benzene rings is 1. The number of carbonyl (C=O) groups excluding carboxylic acids is 1. The summed E-state index contributed by atoms with van der Waals surface area (Å²) >= 11 is 0. The molecule has 1 aromatic rings. The van der Waals surface area contributed by atoms with E-state index in [2.05, 4.69) is 11.4 Å². The van der Waals surface area contributed by atoms with Gasteiger partial charge >= 0.3 is 0 Å². The lowest BCUT2D eigenvalue weighted by Gasteiger charge is -2.28. The second kappa shape index (κ2) is 8.03. The van der Waals surface area contributed by atoms with E-state index in [-0.39, 0.29) is 5.91 Å². The highest BCUT2D eigenvalue weighted by Gasteiger charge is 2.32. The first-order chi connectivity index (χ1) is 9.97. The average Bonchev–Trinajstić information content (AvgIpc) is 2.45. The van der Waals surface area contributed by atoms with Gasteiger partial charge in [0.05, 0.1) is 12.0 Å². The van der Waals surface area contributed by atoms with E-state index >= 15 is 0 Å². The Hall–Kier alpha value is -1.55. The largest absolute Gasteiger partial charge is 0.492 e. The molecule has 0 radical (unpaired) electrons. The van der Waals surface area contributed by atoms with Gasteiger partial charge in [-0.05, 0) is 49.9 Å². The van der Waals surface area contributed by atoms with Crippen LogP contribution >= 0.6 is 0 Å². The van der Waals surface area contributed by atoms with Crippen LogP contribution in [0.2, 0.25) is 0 Å². The Balaban J connectivity index is 2.45. The van der Waals surface area contributed by atoms with Gasteiger partial charge in [-0.3, -0.25) is 4.79 Å². The van der Waals surface area contributed by atoms with Gasteiger partial charge in [0.2, 0.25) is 5.91 Å². The lowest BCUT2D eigenvalue weighted by atomic mass is 9.81. The number of nitrogens with two attached hydrogens (primary N) is 1. The molecule has 0 heterocycles. The van der Waals surface area contributed by atoms with Crippen molar-refractivity contribution in [2.45, 2.75) is 40.5 Å². The summed E-state index contributed by atoms with van der Waals surface area (Å²) in [5.41, 5.74) is 7.67. The van der Waals surface area contributed by atoms with E-state index in [9.17, 15) is 4.79 Å². The van der Waals surface area contributed by atoms with Gasteiger partial charge in [-0.15, -0.1) is 0 Å². The molecule has 0 aromatic heterocycles. The minimum atomic E-state index is -0.445. The van der Waals surface area contributed by atoms with Gasteiger partial charge in [0.1, 0.15) is 12.4 Å². The highest BCUT2D eigenvalue weighted by molar-refractivity contribution is 5.82. The molecule has 0 bridgehead atoms. The van der Waals surface area contributed by atoms with Crippen LogP contribution in [0.4, 0.5) is 0 Å². The zero-order valence-corrected chi connectivity index (χ0v) is 13.7. The van der Waals surface area contributed by atoms with Crippen LogP contribution in [0.15, 0.2) is 18.2 Å². The Morgan fingerprint density at radius 3 is 2.24 bits per heavy atom. The molecule has 0 unspecified atom stereocenters. The zero-order valence-electron chi connectivity index (χ0n) is 13.7. The molecule has 0 atom stereocenters. The topological polar surface area (TPSA) is 64.4 Å². The number of aryl methyl sites for hydroxylation is 2. The average molecular weight is 292 g/mol. The van der Waals surface area contributed by atoms with Gasteiger partial charge in [-0.2, -0.15) is 0 Å². The summed E-state index contributed by atoms with van der Waals surface area (Å²) in [6.07, 6.45) is 1.51. The van der Waals surface area contributed by atoms with E-state index in [0.29, 0.717) is 19.7 Å². The summed E-state index contributed by atoms with van der Waals surface area (Å²) in [5.74, 6) is 0.872. The number of carbonyl (C=O) groups is 1. The molecule has 0 fully saturated rings. The van der Waals surface area contributed by atoms with Crippen molar-refractivity contribution in [2.24, 2.45) is 11.1 Å². The van der Waals surface area contributed by atoms with E-state index < -0.39 is 5.41 Å². The monoisotopic (exact) mass is 292 g/mol. The summed E-state index contributed by atoms with van der Waals surface area (Å²) in [5, 5.41) is 2.93. The van der Waals surface area contributed by atoms with Gasteiger partial charge in [0.25, 0.3) is 0 Å². The molecule has 0 saturated carbocycles. The second-order valence-electron chi connectivity index (χ2n) is 5.62. The molecule has 0 spiro atoms. The number of hydrogen-bond donors (Lipinski definition) is 2. The predicted octanol–water partition coefficient (Wildman–Crippen LogP) is 2.56. The molecule has 4 nitrogen and oxygen atoms in total. The summed E-state index contributed by atoms with van der Waals surface area (Å²) in [4.78, 5) is 12.2. The Kier molecular flexibility index (Phi) is 6.69. The maximum atomic E-state index is 12.2. The van der Waals surface area contributed by atoms with Crippen molar-refractivity contribution in [2.75, 3.05) is 19.7 Å². The first-order valence-corrected chi connectivity index (χ1v) is 7.67. The van der Waals surface area contributed by atoms with Crippen LogP contribution in [0, 0.1) is 19.3 Å². The highest BCUT2D eigenvalue weighted by atomic mass is 16.5. The molecule has 3 N–H and O–H groups in total. The zero-order chi connectivity index (χ0) is 15.9. The number of nitrogens with one attached hydrogen (secondary N) is 1. The van der Waals surface area contributed by atoms with E-state index in [1.165, 1.54) is 11.1 Å². The van der Waals surface area contributed by atoms with Crippen LogP contribution in [0.3, 0.4) is 0 Å². The summed E-state index contributed by atoms with van der Waals surface area (Å²) < 4.78 is 5.69. The molecule has 0 aliphatic carbocycles. The van der Waals surface area contributed by atoms with Gasteiger partial charge < -0.3 is 15.8 Å². The quantitative estimate of drug-likeness (QED) is 0.724. The Labute approximate surface area is 128 Å². The number of amides is 1. The van der Waals surface area contributed by atoms with Crippen LogP contribution < -0.4 is 15.8 Å². The van der Waals surface area contributed by atoms with E-state index in [1.54, 1.807) is 0 Å². The number of rotatable bonds is 8. The predicted molar refractivity (Wildman–Crippen MR) is 86.5 cm³/mol. The van der Waals surface area contributed by atoms with Crippen molar-refractivity contribution >= 4 is 5.91 Å². The van der Waals surface area contributed by atoms with Crippen molar-refractivity contribution < 1.29 is 9.53 Å². The lowest BCUT2D eigenvalue weighted by molar-refractivity contribution is -0.131. The van der Waals surface area contributed by atoms with Crippen molar-refractivity contribution in [1.82, 2.24) is 5.32 Å². The summed E-state index contributed by atoms with van der Waals surface area (Å²) in [6, 6.07) is 6.10. The summed E-state index contributed by atoms with van der Waals surface area (Å²) in [7, 11) is 0. The highest BCUT2D eigenvalue weighted by Crippen LogP contribution is 2.24. The normalized spacial score (nSPS) is 11.3. The van der Waals surface area contributed by atoms with E-state index in [1.807, 2.05) is 39.8 Å². The third-order valence-corrected chi connectivity index (χ3v) is 4.08. The molecule has 1 amide bonds. The molecule has 1 aromatic carbocycles. The Morgan fingerprint density at radius 2 is 1.76 bits per heavy atom. The third-order valence-electron chi connectivity index (χ3n) is 4.08. The van der Waals surface area contributed by atoms with Crippen LogP contribution in [0.25, 0.3) is 0 Å². The fourth-order valence-corrected chi connectivity index (χ4v) is 2.49. The minimum absolute atomic E-state index is 0.0269. The van der Waals surface area contributed by atoms with Gasteiger partial charge in [-0.1, -0.05) is 19.9 Å². The van der Waals surface area contributed by atoms with Crippen molar-refractivity contribution in [3.05, 3.63) is 29.3 Å².